The van der Waals surface area contributed by atoms with Crippen LogP contribution in [0.25, 0.3) is 17.0 Å². The molecule has 2 heterocycles. The average Bonchev–Trinajstić information content (AvgIpc) is 3.55. The molecular weight excluding hydrogens is 468 g/mol. The van der Waals surface area contributed by atoms with Crippen molar-refractivity contribution in [2.45, 2.75) is 59.1 Å². The summed E-state index contributed by atoms with van der Waals surface area (Å²) in [6.45, 7) is 12.0. The van der Waals surface area contributed by atoms with E-state index in [1.54, 1.807) is 12.1 Å². The van der Waals surface area contributed by atoms with Gasteiger partial charge in [0.1, 0.15) is 11.8 Å². The first-order chi connectivity index (χ1) is 17.9. The van der Waals surface area contributed by atoms with E-state index in [0.717, 1.165) is 51.0 Å². The molecule has 5 rings (SSSR count). The lowest BCUT2D eigenvalue weighted by Gasteiger charge is -2.37. The molecule has 0 bridgehead atoms. The van der Waals surface area contributed by atoms with Crippen LogP contribution in [-0.4, -0.2) is 59.4 Å². The number of allylic oxidation sites excluding steroid dienone is 1. The van der Waals surface area contributed by atoms with Crippen molar-refractivity contribution in [1.29, 1.82) is 5.26 Å². The number of nitrogens with one attached hydrogen (secondary N) is 1. The number of nitrogens with zero attached hydrogens (tertiary/aromatic N) is 4. The topological polar surface area (TPSA) is 121 Å². The summed E-state index contributed by atoms with van der Waals surface area (Å²) in [7, 11) is 0. The van der Waals surface area contributed by atoms with Crippen LogP contribution >= 0.6 is 0 Å². The highest BCUT2D eigenvalue weighted by Gasteiger charge is 2.44. The summed E-state index contributed by atoms with van der Waals surface area (Å²) in [5.74, 6) is 2.73. The van der Waals surface area contributed by atoms with Crippen molar-refractivity contribution in [3.05, 3.63) is 35.2 Å². The van der Waals surface area contributed by atoms with Crippen molar-refractivity contribution in [1.82, 2.24) is 20.4 Å². The fourth-order valence-electron chi connectivity index (χ4n) is 6.10. The van der Waals surface area contributed by atoms with Gasteiger partial charge in [0.25, 0.3) is 5.89 Å². The summed E-state index contributed by atoms with van der Waals surface area (Å²) in [5, 5.41) is 19.6. The summed E-state index contributed by atoms with van der Waals surface area (Å²) in [6, 6.07) is 7.76. The number of aromatic nitrogens is 2. The van der Waals surface area contributed by atoms with E-state index in [0.29, 0.717) is 40.4 Å². The normalized spacial score (nSPS) is 25.7. The predicted molar refractivity (Wildman–Crippen MR) is 138 cm³/mol. The molecule has 196 valence electrons. The number of carbonyl (C=O) groups excluding carboxylic acids is 1. The Bertz CT molecular complexity index is 1220. The van der Waals surface area contributed by atoms with Crippen LogP contribution in [0.5, 0.6) is 5.75 Å². The number of ether oxygens (including phenoxy) is 1. The Hall–Kier alpha value is -3.38. The summed E-state index contributed by atoms with van der Waals surface area (Å²) in [5.41, 5.74) is 3.64. The molecule has 3 N–H and O–H groups in total. The largest absolute Gasteiger partial charge is 0.490 e. The van der Waals surface area contributed by atoms with Crippen LogP contribution in [0, 0.1) is 29.1 Å². The number of fused-ring (bicyclic) bond motifs is 1. The highest BCUT2D eigenvalue weighted by Crippen LogP contribution is 2.49. The number of urea groups is 1. The molecule has 1 aromatic carbocycles. The van der Waals surface area contributed by atoms with Crippen molar-refractivity contribution in [3.63, 3.8) is 0 Å². The van der Waals surface area contributed by atoms with Gasteiger partial charge in [0.05, 0.1) is 37.8 Å². The predicted octanol–water partition coefficient (Wildman–Crippen LogP) is 3.19. The molecule has 1 saturated heterocycles. The molecule has 1 saturated carbocycles. The van der Waals surface area contributed by atoms with Crippen LogP contribution in [0.2, 0.25) is 0 Å². The summed E-state index contributed by atoms with van der Waals surface area (Å²) < 4.78 is 11.4. The second-order valence-electron chi connectivity index (χ2n) is 10.9. The second kappa shape index (κ2) is 10.5. The smallest absolute Gasteiger partial charge is 0.318 e. The molecule has 3 unspecified atom stereocenters. The lowest BCUT2D eigenvalue weighted by Crippen LogP contribution is -2.90. The van der Waals surface area contributed by atoms with Crippen LogP contribution in [0.15, 0.2) is 28.3 Å². The van der Waals surface area contributed by atoms with E-state index in [4.69, 9.17) is 14.2 Å². The fraction of sp³-hybridized carbons (Fsp3) is 0.571. The van der Waals surface area contributed by atoms with Gasteiger partial charge in [0.2, 0.25) is 0 Å². The number of nitriles is 1. The highest BCUT2D eigenvalue weighted by atomic mass is 16.5. The van der Waals surface area contributed by atoms with Gasteiger partial charge in [-0.15, -0.1) is 0 Å². The van der Waals surface area contributed by atoms with Crippen LogP contribution in [0.1, 0.15) is 58.3 Å². The molecular formula is C28H37N6O3+. The minimum absolute atomic E-state index is 0.0246. The Balaban J connectivity index is 1.39. The number of nitrogens with two attached hydrogens (primary N) is 1. The van der Waals surface area contributed by atoms with Crippen molar-refractivity contribution in [2.75, 3.05) is 26.2 Å². The number of quaternary nitrogens is 1. The third-order valence-corrected chi connectivity index (χ3v) is 8.15. The minimum atomic E-state index is -0.0246. The molecule has 9 heteroatoms. The van der Waals surface area contributed by atoms with Crippen molar-refractivity contribution in [3.8, 4) is 23.3 Å². The molecule has 0 spiro atoms. The monoisotopic (exact) mass is 505 g/mol. The molecule has 2 fully saturated rings. The molecule has 2 aromatic rings. The van der Waals surface area contributed by atoms with E-state index >= 15 is 0 Å². The first-order valence-corrected chi connectivity index (χ1v) is 13.5. The zero-order chi connectivity index (χ0) is 26.1. The average molecular weight is 506 g/mol. The SMILES string of the molecule is CC(C)Oc1ccc(-c2nc(C3=C4CC[C@@H](NC(=O)N5CC[NH2+]CC5)C4C(C)C(C)C3)no2)cc1C#N. The summed E-state index contributed by atoms with van der Waals surface area (Å²) in [6.07, 6.45) is 2.72. The van der Waals surface area contributed by atoms with Crippen molar-refractivity contribution in [2.24, 2.45) is 17.8 Å². The molecule has 2 aliphatic carbocycles. The van der Waals surface area contributed by atoms with E-state index < -0.39 is 0 Å². The molecule has 0 radical (unpaired) electrons. The number of hydrogen-bond donors (Lipinski definition) is 2. The van der Waals surface area contributed by atoms with Gasteiger partial charge in [0, 0.05) is 23.1 Å². The lowest BCUT2D eigenvalue weighted by molar-refractivity contribution is -0.661. The highest BCUT2D eigenvalue weighted by molar-refractivity contribution is 5.75. The lowest BCUT2D eigenvalue weighted by atomic mass is 9.70. The fourth-order valence-corrected chi connectivity index (χ4v) is 6.10. The standard InChI is InChI=1S/C28H36N6O3/c1-16(2)36-24-8-5-19(14-20(24)15-29)27-32-26(33-37-27)22-13-17(3)18(4)25-21(22)6-7-23(25)31-28(35)34-11-9-30-10-12-34/h5,8,14,16-18,23,25,30H,6-7,9-13H2,1-4H3,(H,31,35)/p+1/t17?,18?,23-,25?/m1/s1. The molecule has 9 nitrogen and oxygen atoms in total. The Labute approximate surface area is 218 Å². The van der Waals surface area contributed by atoms with Gasteiger partial charge >= 0.3 is 6.03 Å². The number of amides is 2. The van der Waals surface area contributed by atoms with E-state index in [-0.39, 0.29) is 24.1 Å². The summed E-state index contributed by atoms with van der Waals surface area (Å²) in [4.78, 5) is 19.7. The van der Waals surface area contributed by atoms with Gasteiger partial charge in [-0.25, -0.2) is 4.79 Å². The maximum Gasteiger partial charge on any atom is 0.318 e. The Kier molecular flexibility index (Phi) is 7.20. The Morgan fingerprint density at radius 3 is 2.81 bits per heavy atom. The number of benzene rings is 1. The molecule has 3 aliphatic rings. The van der Waals surface area contributed by atoms with Crippen LogP contribution < -0.4 is 15.4 Å². The van der Waals surface area contributed by atoms with E-state index in [1.807, 2.05) is 24.8 Å². The second-order valence-corrected chi connectivity index (χ2v) is 10.9. The van der Waals surface area contributed by atoms with Crippen LogP contribution in [0.4, 0.5) is 4.79 Å². The zero-order valence-electron chi connectivity index (χ0n) is 22.2. The van der Waals surface area contributed by atoms with Crippen LogP contribution in [0.3, 0.4) is 0 Å². The van der Waals surface area contributed by atoms with Gasteiger partial charge in [-0.05, 0) is 63.1 Å². The molecule has 37 heavy (non-hydrogen) atoms. The van der Waals surface area contributed by atoms with Gasteiger partial charge in [-0.2, -0.15) is 10.2 Å². The van der Waals surface area contributed by atoms with Crippen molar-refractivity contribution < 1.29 is 19.4 Å². The number of piperazine rings is 1. The third kappa shape index (κ3) is 5.08. The molecule has 1 aliphatic heterocycles. The molecule has 1 aromatic heterocycles. The minimum Gasteiger partial charge on any atom is -0.490 e. The molecule has 2 amide bonds. The van der Waals surface area contributed by atoms with Gasteiger partial charge < -0.3 is 24.8 Å². The third-order valence-electron chi connectivity index (χ3n) is 8.15. The van der Waals surface area contributed by atoms with Crippen molar-refractivity contribution >= 4 is 11.6 Å². The van der Waals surface area contributed by atoms with E-state index in [9.17, 15) is 10.1 Å². The first-order valence-electron chi connectivity index (χ1n) is 13.5. The molecule has 4 atom stereocenters. The van der Waals surface area contributed by atoms with E-state index in [1.165, 1.54) is 5.57 Å². The van der Waals surface area contributed by atoms with E-state index in [2.05, 4.69) is 35.7 Å². The quantitative estimate of drug-likeness (QED) is 0.644. The maximum atomic E-state index is 13.0. The maximum absolute atomic E-state index is 13.0. The Morgan fingerprint density at radius 2 is 2.08 bits per heavy atom. The van der Waals surface area contributed by atoms with Crippen LogP contribution in [-0.2, 0) is 0 Å². The van der Waals surface area contributed by atoms with Gasteiger partial charge in [0.15, 0.2) is 5.82 Å². The summed E-state index contributed by atoms with van der Waals surface area (Å²) >= 11 is 0. The van der Waals surface area contributed by atoms with Gasteiger partial charge in [-0.3, -0.25) is 0 Å². The Morgan fingerprint density at radius 1 is 1.30 bits per heavy atom. The number of hydrogen-bond acceptors (Lipinski definition) is 6. The zero-order valence-corrected chi connectivity index (χ0v) is 22.2. The first kappa shape index (κ1) is 25.3. The number of carbonyl (C=O) groups is 1. The number of rotatable bonds is 5. The van der Waals surface area contributed by atoms with Gasteiger partial charge in [-0.1, -0.05) is 24.6 Å².